The van der Waals surface area contributed by atoms with Gasteiger partial charge < -0.3 is 19.3 Å². The molecule has 1 spiro atoms. The van der Waals surface area contributed by atoms with Crippen LogP contribution in [0.1, 0.15) is 46.8 Å². The number of fused-ring (bicyclic) bond motifs is 3. The van der Waals surface area contributed by atoms with E-state index in [1.165, 1.54) is 14.2 Å². The van der Waals surface area contributed by atoms with Crippen LogP contribution in [-0.2, 0) is 5.60 Å². The number of methoxy groups -OCH3 is 2. The topological polar surface area (TPSA) is 77.9 Å². The molecule has 0 saturated heterocycles. The first-order valence-electron chi connectivity index (χ1n) is 8.69. The van der Waals surface area contributed by atoms with E-state index in [9.17, 15) is 9.90 Å². The van der Waals surface area contributed by atoms with Crippen molar-refractivity contribution in [2.24, 2.45) is 5.92 Å². The molecule has 0 unspecified atom stereocenters. The summed E-state index contributed by atoms with van der Waals surface area (Å²) in [5.41, 5.74) is 0.693. The van der Waals surface area contributed by atoms with Gasteiger partial charge in [-0.25, -0.2) is 0 Å². The maximum atomic E-state index is 13.7. The number of aliphatic hydroxyl groups excluding tert-OH is 1. The highest BCUT2D eigenvalue weighted by atomic mass is 35.5. The van der Waals surface area contributed by atoms with Crippen molar-refractivity contribution < 1.29 is 24.1 Å². The minimum atomic E-state index is -1.35. The number of nitrogens with zero attached hydrogens (tertiary/aromatic N) is 1. The Balaban J connectivity index is 2.01. The quantitative estimate of drug-likeness (QED) is 0.845. The number of halogens is 1. The zero-order chi connectivity index (χ0) is 19.5. The molecule has 0 bridgehead atoms. The average molecular weight is 390 g/mol. The van der Waals surface area contributed by atoms with Crippen LogP contribution in [0.5, 0.6) is 17.2 Å². The van der Waals surface area contributed by atoms with Gasteiger partial charge in [0.1, 0.15) is 22.1 Å². The second-order valence-corrected chi connectivity index (χ2v) is 7.39. The van der Waals surface area contributed by atoms with Crippen molar-refractivity contribution >= 4 is 17.4 Å². The number of aromatic nitrogens is 1. The average Bonchev–Trinajstić information content (AvgIpc) is 2.96. The van der Waals surface area contributed by atoms with E-state index in [1.54, 1.807) is 12.1 Å². The molecule has 142 valence electrons. The summed E-state index contributed by atoms with van der Waals surface area (Å²) in [5, 5.41) is 10.7. The van der Waals surface area contributed by atoms with Gasteiger partial charge in [0, 0.05) is 23.2 Å². The Labute approximate surface area is 162 Å². The molecule has 2 aliphatic rings. The maximum absolute atomic E-state index is 13.7. The minimum absolute atomic E-state index is 0.214. The van der Waals surface area contributed by atoms with Gasteiger partial charge in [0.2, 0.25) is 11.4 Å². The van der Waals surface area contributed by atoms with Crippen LogP contribution in [0.15, 0.2) is 18.2 Å². The van der Waals surface area contributed by atoms with Crippen molar-refractivity contribution in [3.63, 3.8) is 0 Å². The summed E-state index contributed by atoms with van der Waals surface area (Å²) in [6.45, 7) is 3.71. The summed E-state index contributed by atoms with van der Waals surface area (Å²) >= 11 is 6.46. The first-order chi connectivity index (χ1) is 12.8. The van der Waals surface area contributed by atoms with Gasteiger partial charge >= 0.3 is 0 Å². The van der Waals surface area contributed by atoms with Crippen LogP contribution in [0.2, 0.25) is 5.02 Å². The minimum Gasteiger partial charge on any atom is -0.496 e. The molecule has 7 heteroatoms. The highest BCUT2D eigenvalue weighted by molar-refractivity contribution is 6.35. The number of carbonyl (C=O) groups is 1. The second-order valence-electron chi connectivity index (χ2n) is 7.01. The molecule has 0 amide bonds. The fourth-order valence-corrected chi connectivity index (χ4v) is 4.34. The molecule has 1 aromatic heterocycles. The molecule has 27 heavy (non-hydrogen) atoms. The fraction of sp³-hybridized carbons (Fsp3) is 0.400. The SMILES string of the molecule is COc1cc(OC)c2c(c1Cl)O[C@]1(C2=O)c2nc(C)ccc2[C@@H](O)C[C@H]1C. The molecular weight excluding hydrogens is 370 g/mol. The van der Waals surface area contributed by atoms with Gasteiger partial charge in [-0.3, -0.25) is 9.78 Å². The van der Waals surface area contributed by atoms with Crippen LogP contribution in [0.3, 0.4) is 0 Å². The van der Waals surface area contributed by atoms with E-state index in [0.717, 1.165) is 5.69 Å². The summed E-state index contributed by atoms with van der Waals surface area (Å²) in [5.74, 6) is 0.340. The van der Waals surface area contributed by atoms with Gasteiger partial charge in [0.25, 0.3) is 0 Å². The number of aliphatic hydroxyl groups is 1. The molecular formula is C20H20ClNO5. The summed E-state index contributed by atoms with van der Waals surface area (Å²) in [7, 11) is 2.96. The van der Waals surface area contributed by atoms with Gasteiger partial charge in [0.05, 0.1) is 26.0 Å². The molecule has 2 aromatic rings. The van der Waals surface area contributed by atoms with E-state index >= 15 is 0 Å². The Kier molecular flexibility index (Phi) is 4.09. The number of carbonyl (C=O) groups excluding carboxylic acids is 1. The fourth-order valence-electron chi connectivity index (χ4n) is 4.08. The number of hydrogen-bond donors (Lipinski definition) is 1. The Morgan fingerprint density at radius 3 is 2.67 bits per heavy atom. The highest BCUT2D eigenvalue weighted by Gasteiger charge is 2.60. The first-order valence-corrected chi connectivity index (χ1v) is 9.07. The number of Topliss-reactive ketones (excluding diaryl/α,β-unsaturated/α-hetero) is 1. The molecule has 0 radical (unpaired) electrons. The molecule has 0 fully saturated rings. The van der Waals surface area contributed by atoms with Crippen molar-refractivity contribution in [1.82, 2.24) is 4.98 Å². The zero-order valence-corrected chi connectivity index (χ0v) is 16.3. The lowest BCUT2D eigenvalue weighted by Crippen LogP contribution is -2.48. The van der Waals surface area contributed by atoms with E-state index in [2.05, 4.69) is 4.98 Å². The van der Waals surface area contributed by atoms with E-state index < -0.39 is 11.7 Å². The molecule has 1 N–H and O–H groups in total. The van der Waals surface area contributed by atoms with Crippen LogP contribution in [0.25, 0.3) is 0 Å². The first kappa shape index (κ1) is 18.1. The van der Waals surface area contributed by atoms with Crippen LogP contribution in [0, 0.1) is 12.8 Å². The predicted molar refractivity (Wildman–Crippen MR) is 98.9 cm³/mol. The summed E-state index contributed by atoms with van der Waals surface area (Å²) < 4.78 is 17.0. The Hall–Kier alpha value is -2.31. The molecule has 0 saturated carbocycles. The monoisotopic (exact) mass is 389 g/mol. The summed E-state index contributed by atoms with van der Waals surface area (Å²) in [4.78, 5) is 18.3. The van der Waals surface area contributed by atoms with E-state index in [0.29, 0.717) is 29.2 Å². The number of ether oxygens (including phenoxy) is 3. The van der Waals surface area contributed by atoms with Crippen molar-refractivity contribution in [1.29, 1.82) is 0 Å². The predicted octanol–water partition coefficient (Wildman–Crippen LogP) is 3.60. The van der Waals surface area contributed by atoms with E-state index in [-0.39, 0.29) is 28.0 Å². The Bertz CT molecular complexity index is 960. The number of hydrogen-bond acceptors (Lipinski definition) is 6. The summed E-state index contributed by atoms with van der Waals surface area (Å²) in [6.07, 6.45) is -0.338. The molecule has 6 nitrogen and oxygen atoms in total. The largest absolute Gasteiger partial charge is 0.496 e. The number of aryl methyl sites for hydroxylation is 1. The summed E-state index contributed by atoms with van der Waals surface area (Å²) in [6, 6.07) is 5.19. The van der Waals surface area contributed by atoms with Crippen LogP contribution < -0.4 is 14.2 Å². The Morgan fingerprint density at radius 2 is 2.00 bits per heavy atom. The molecule has 3 atom stereocenters. The number of rotatable bonds is 2. The van der Waals surface area contributed by atoms with Gasteiger partial charge in [-0.15, -0.1) is 0 Å². The number of ketones is 1. The van der Waals surface area contributed by atoms with E-state index in [4.69, 9.17) is 25.8 Å². The molecule has 2 heterocycles. The number of pyridine rings is 1. The highest BCUT2D eigenvalue weighted by Crippen LogP contribution is 2.57. The van der Waals surface area contributed by atoms with Crippen molar-refractivity contribution in [2.45, 2.75) is 32.0 Å². The van der Waals surface area contributed by atoms with Gasteiger partial charge in [-0.05, 0) is 19.4 Å². The third-order valence-electron chi connectivity index (χ3n) is 5.47. The van der Waals surface area contributed by atoms with Gasteiger partial charge in [0.15, 0.2) is 5.75 Å². The molecule has 1 aliphatic carbocycles. The normalized spacial score (nSPS) is 25.8. The lowest BCUT2D eigenvalue weighted by molar-refractivity contribution is -0.00616. The molecule has 4 rings (SSSR count). The smallest absolute Gasteiger partial charge is 0.220 e. The van der Waals surface area contributed by atoms with Crippen LogP contribution in [0.4, 0.5) is 0 Å². The van der Waals surface area contributed by atoms with Crippen LogP contribution in [-0.4, -0.2) is 30.1 Å². The standard InChI is InChI=1S/C20H20ClNO5/c1-9-7-12(23)11-6-5-10(2)22-18(11)20(9)19(24)15-13(25-3)8-14(26-4)16(21)17(15)27-20/h5-6,8-9,12,23H,7H2,1-4H3/t9-,12+,20+/m1/s1. The molecule has 1 aliphatic heterocycles. The Morgan fingerprint density at radius 1 is 1.30 bits per heavy atom. The second kappa shape index (κ2) is 6.11. The van der Waals surface area contributed by atoms with Crippen molar-refractivity contribution in [3.8, 4) is 17.2 Å². The van der Waals surface area contributed by atoms with Crippen molar-refractivity contribution in [3.05, 3.63) is 45.7 Å². The van der Waals surface area contributed by atoms with Crippen LogP contribution >= 0.6 is 11.6 Å². The maximum Gasteiger partial charge on any atom is 0.220 e. The lowest BCUT2D eigenvalue weighted by Gasteiger charge is -2.40. The number of benzene rings is 1. The third-order valence-corrected chi connectivity index (χ3v) is 5.82. The third kappa shape index (κ3) is 2.29. The van der Waals surface area contributed by atoms with Crippen molar-refractivity contribution in [2.75, 3.05) is 14.2 Å². The van der Waals surface area contributed by atoms with Gasteiger partial charge in [-0.1, -0.05) is 24.6 Å². The van der Waals surface area contributed by atoms with E-state index in [1.807, 2.05) is 19.9 Å². The zero-order valence-electron chi connectivity index (χ0n) is 15.5. The molecule has 1 aromatic carbocycles. The lowest BCUT2D eigenvalue weighted by atomic mass is 9.71. The van der Waals surface area contributed by atoms with Gasteiger partial charge in [-0.2, -0.15) is 0 Å².